The van der Waals surface area contributed by atoms with E-state index in [9.17, 15) is 0 Å². The van der Waals surface area contributed by atoms with Gasteiger partial charge in [-0.25, -0.2) is 0 Å². The lowest BCUT2D eigenvalue weighted by molar-refractivity contribution is 0.357. The molecule has 0 atom stereocenters. The van der Waals surface area contributed by atoms with Crippen LogP contribution in [0.1, 0.15) is 5.56 Å². The molecule has 0 bridgehead atoms. The summed E-state index contributed by atoms with van der Waals surface area (Å²) in [5, 5.41) is 3.06. The van der Waals surface area contributed by atoms with Gasteiger partial charge in [0.15, 0.2) is 0 Å². The van der Waals surface area contributed by atoms with E-state index in [-0.39, 0.29) is 0 Å². The Morgan fingerprint density at radius 1 is 1.50 bits per heavy atom. The number of hydrogen-bond donors (Lipinski definition) is 2. The number of benzene rings is 1. The highest BCUT2D eigenvalue weighted by atomic mass is 16.5. The summed E-state index contributed by atoms with van der Waals surface area (Å²) in [6, 6.07) is 6.06. The third kappa shape index (κ3) is 1.23. The lowest BCUT2D eigenvalue weighted by Crippen LogP contribution is -2.10. The molecule has 1 heterocycles. The molecule has 0 aliphatic carbocycles. The van der Waals surface area contributed by atoms with Gasteiger partial charge < -0.3 is 15.8 Å². The van der Waals surface area contributed by atoms with Crippen molar-refractivity contribution in [1.82, 2.24) is 0 Å². The summed E-state index contributed by atoms with van der Waals surface area (Å²) in [5.74, 6) is 1.01. The zero-order valence-electron chi connectivity index (χ0n) is 6.84. The second-order valence-corrected chi connectivity index (χ2v) is 2.80. The van der Waals surface area contributed by atoms with Crippen molar-refractivity contribution in [2.75, 3.05) is 18.6 Å². The quantitative estimate of drug-likeness (QED) is 0.640. The Morgan fingerprint density at radius 3 is 3.25 bits per heavy atom. The third-order valence-electron chi connectivity index (χ3n) is 2.00. The number of nitrogens with two attached hydrogens (primary N) is 1. The summed E-state index contributed by atoms with van der Waals surface area (Å²) in [6.07, 6.45) is 1.01. The van der Waals surface area contributed by atoms with Gasteiger partial charge in [-0.05, 0) is 23.8 Å². The van der Waals surface area contributed by atoms with Gasteiger partial charge >= 0.3 is 0 Å². The number of fused-ring (bicyclic) bond motifs is 1. The maximum atomic E-state index is 5.37. The van der Waals surface area contributed by atoms with Crippen molar-refractivity contribution in [1.29, 1.82) is 0 Å². The molecule has 0 unspecified atom stereocenters. The van der Waals surface area contributed by atoms with Crippen molar-refractivity contribution in [3.63, 3.8) is 0 Å². The SMILES string of the molecule is NCNc1ccc2c(c1)CCO2. The van der Waals surface area contributed by atoms with Crippen molar-refractivity contribution < 1.29 is 4.74 Å². The first kappa shape index (κ1) is 7.43. The number of anilines is 1. The van der Waals surface area contributed by atoms with Crippen LogP contribution in [-0.4, -0.2) is 13.3 Å². The van der Waals surface area contributed by atoms with Crippen molar-refractivity contribution in [3.8, 4) is 5.75 Å². The van der Waals surface area contributed by atoms with E-state index >= 15 is 0 Å². The Morgan fingerprint density at radius 2 is 2.42 bits per heavy atom. The second kappa shape index (κ2) is 3.03. The van der Waals surface area contributed by atoms with Crippen molar-refractivity contribution in [2.24, 2.45) is 5.73 Å². The fourth-order valence-electron chi connectivity index (χ4n) is 1.41. The molecule has 1 aromatic carbocycles. The lowest BCUT2D eigenvalue weighted by atomic mass is 10.1. The van der Waals surface area contributed by atoms with E-state index in [0.29, 0.717) is 6.67 Å². The highest BCUT2D eigenvalue weighted by Gasteiger charge is 2.11. The smallest absolute Gasteiger partial charge is 0.122 e. The van der Waals surface area contributed by atoms with Gasteiger partial charge in [-0.2, -0.15) is 0 Å². The summed E-state index contributed by atoms with van der Waals surface area (Å²) >= 11 is 0. The molecule has 0 amide bonds. The molecule has 12 heavy (non-hydrogen) atoms. The fourth-order valence-corrected chi connectivity index (χ4v) is 1.41. The molecule has 3 nitrogen and oxygen atoms in total. The predicted octanol–water partition coefficient (Wildman–Crippen LogP) is 0.950. The van der Waals surface area contributed by atoms with Crippen LogP contribution in [0.15, 0.2) is 18.2 Å². The van der Waals surface area contributed by atoms with Crippen molar-refractivity contribution in [3.05, 3.63) is 23.8 Å². The molecular formula is C9H12N2O. The monoisotopic (exact) mass is 164 g/mol. The molecule has 0 aromatic heterocycles. The average Bonchev–Trinajstić information content (AvgIpc) is 2.51. The highest BCUT2D eigenvalue weighted by Crippen LogP contribution is 2.27. The summed E-state index contributed by atoms with van der Waals surface area (Å²) in [5.41, 5.74) is 7.71. The van der Waals surface area contributed by atoms with Gasteiger partial charge in [0.05, 0.1) is 13.3 Å². The molecule has 1 aromatic rings. The lowest BCUT2D eigenvalue weighted by Gasteiger charge is -2.04. The summed E-state index contributed by atoms with van der Waals surface area (Å²) in [7, 11) is 0. The van der Waals surface area contributed by atoms with Gasteiger partial charge in [0.1, 0.15) is 5.75 Å². The molecule has 3 N–H and O–H groups in total. The third-order valence-corrected chi connectivity index (χ3v) is 2.00. The van der Waals surface area contributed by atoms with Crippen LogP contribution in [0.5, 0.6) is 5.75 Å². The Labute approximate surface area is 71.5 Å². The summed E-state index contributed by atoms with van der Waals surface area (Å²) in [4.78, 5) is 0. The largest absolute Gasteiger partial charge is 0.493 e. The number of hydrogen-bond acceptors (Lipinski definition) is 3. The molecule has 1 aliphatic heterocycles. The van der Waals surface area contributed by atoms with E-state index < -0.39 is 0 Å². The first-order valence-electron chi connectivity index (χ1n) is 4.10. The molecule has 1 aliphatic rings. The van der Waals surface area contributed by atoms with Crippen LogP contribution in [-0.2, 0) is 6.42 Å². The molecule has 0 saturated carbocycles. The Kier molecular flexibility index (Phi) is 1.87. The first-order chi connectivity index (χ1) is 5.90. The molecule has 0 spiro atoms. The van der Waals surface area contributed by atoms with Crippen molar-refractivity contribution >= 4 is 5.69 Å². The normalized spacial score (nSPS) is 13.8. The van der Waals surface area contributed by atoms with Crippen LogP contribution in [0.4, 0.5) is 5.69 Å². The number of rotatable bonds is 2. The fraction of sp³-hybridized carbons (Fsp3) is 0.333. The molecule has 0 saturated heterocycles. The van der Waals surface area contributed by atoms with Crippen LogP contribution in [0.25, 0.3) is 0 Å². The van der Waals surface area contributed by atoms with Crippen LogP contribution in [0, 0.1) is 0 Å². The van der Waals surface area contributed by atoms with Gasteiger partial charge in [-0.3, -0.25) is 0 Å². The van der Waals surface area contributed by atoms with E-state index in [2.05, 4.69) is 11.4 Å². The zero-order chi connectivity index (χ0) is 8.39. The Hall–Kier alpha value is -1.22. The predicted molar refractivity (Wildman–Crippen MR) is 48.3 cm³/mol. The summed E-state index contributed by atoms with van der Waals surface area (Å²) in [6.45, 7) is 1.28. The highest BCUT2D eigenvalue weighted by molar-refractivity contribution is 5.52. The number of nitrogens with one attached hydrogen (secondary N) is 1. The molecule has 64 valence electrons. The van der Waals surface area contributed by atoms with E-state index in [4.69, 9.17) is 10.5 Å². The van der Waals surface area contributed by atoms with E-state index in [1.807, 2.05) is 12.1 Å². The minimum atomic E-state index is 0.472. The average molecular weight is 164 g/mol. The Bertz CT molecular complexity index is 286. The maximum Gasteiger partial charge on any atom is 0.122 e. The summed E-state index contributed by atoms with van der Waals surface area (Å²) < 4.78 is 5.37. The first-order valence-corrected chi connectivity index (χ1v) is 4.10. The van der Waals surface area contributed by atoms with Crippen LogP contribution >= 0.6 is 0 Å². The topological polar surface area (TPSA) is 47.3 Å². The second-order valence-electron chi connectivity index (χ2n) is 2.80. The van der Waals surface area contributed by atoms with Crippen molar-refractivity contribution in [2.45, 2.75) is 6.42 Å². The van der Waals surface area contributed by atoms with Gasteiger partial charge in [0.25, 0.3) is 0 Å². The molecule has 0 radical (unpaired) electrons. The minimum absolute atomic E-state index is 0.472. The van der Waals surface area contributed by atoms with E-state index in [1.54, 1.807) is 0 Å². The number of ether oxygens (including phenoxy) is 1. The van der Waals surface area contributed by atoms with Gasteiger partial charge in [-0.1, -0.05) is 0 Å². The standard InChI is InChI=1S/C9H12N2O/c10-6-11-8-1-2-9-7(5-8)3-4-12-9/h1-2,5,11H,3-4,6,10H2. The van der Waals surface area contributed by atoms with E-state index in [1.165, 1.54) is 5.56 Å². The molecule has 0 fully saturated rings. The van der Waals surface area contributed by atoms with Gasteiger partial charge in [-0.15, -0.1) is 0 Å². The van der Waals surface area contributed by atoms with Crippen LogP contribution in [0.2, 0.25) is 0 Å². The maximum absolute atomic E-state index is 5.37. The molecule has 3 heteroatoms. The molecular weight excluding hydrogens is 152 g/mol. The van der Waals surface area contributed by atoms with Gasteiger partial charge in [0.2, 0.25) is 0 Å². The molecule has 2 rings (SSSR count). The van der Waals surface area contributed by atoms with Gasteiger partial charge in [0, 0.05) is 12.1 Å². The minimum Gasteiger partial charge on any atom is -0.493 e. The zero-order valence-corrected chi connectivity index (χ0v) is 6.84. The Balaban J connectivity index is 2.26. The van der Waals surface area contributed by atoms with Crippen LogP contribution < -0.4 is 15.8 Å². The van der Waals surface area contributed by atoms with E-state index in [0.717, 1.165) is 24.5 Å². The van der Waals surface area contributed by atoms with Crippen LogP contribution in [0.3, 0.4) is 0 Å².